The monoisotopic (exact) mass is 180 g/mol. The molecule has 2 heteroatoms. The van der Waals surface area contributed by atoms with Gasteiger partial charge in [0, 0.05) is 23.9 Å². The Labute approximate surface area is 82.1 Å². The first-order valence-corrected chi connectivity index (χ1v) is 4.31. The van der Waals surface area contributed by atoms with E-state index in [1.54, 1.807) is 6.20 Å². The lowest BCUT2D eigenvalue weighted by Crippen LogP contribution is -1.78. The second-order valence-electron chi connectivity index (χ2n) is 2.91. The van der Waals surface area contributed by atoms with Gasteiger partial charge in [-0.15, -0.1) is 0 Å². The molecule has 0 aliphatic rings. The second-order valence-corrected chi connectivity index (χ2v) is 2.91. The second kappa shape index (κ2) is 3.71. The van der Waals surface area contributed by atoms with Gasteiger partial charge in [-0.05, 0) is 23.1 Å². The molecule has 0 radical (unpaired) electrons. The van der Waals surface area contributed by atoms with E-state index < -0.39 is 0 Å². The predicted octanol–water partition coefficient (Wildman–Crippen LogP) is 2.77. The third-order valence-electron chi connectivity index (χ3n) is 2.05. The van der Waals surface area contributed by atoms with E-state index in [0.29, 0.717) is 0 Å². The van der Waals surface area contributed by atoms with Gasteiger partial charge in [-0.25, -0.2) is 0 Å². The van der Waals surface area contributed by atoms with E-state index in [0.717, 1.165) is 16.3 Å². The van der Waals surface area contributed by atoms with E-state index in [1.165, 1.54) is 6.08 Å². The van der Waals surface area contributed by atoms with E-state index in [-0.39, 0.29) is 0 Å². The van der Waals surface area contributed by atoms with Crippen molar-refractivity contribution in [3.63, 3.8) is 0 Å². The van der Waals surface area contributed by atoms with Crippen LogP contribution in [-0.2, 0) is 0 Å². The zero-order chi connectivity index (χ0) is 9.80. The van der Waals surface area contributed by atoms with Crippen molar-refractivity contribution in [2.24, 2.45) is 0 Å². The number of benzene rings is 1. The van der Waals surface area contributed by atoms with Gasteiger partial charge in [-0.1, -0.05) is 18.2 Å². The van der Waals surface area contributed by atoms with E-state index in [4.69, 9.17) is 5.26 Å². The lowest BCUT2D eigenvalue weighted by Gasteiger charge is -1.99. The Hall–Kier alpha value is -2.14. The smallest absolute Gasteiger partial charge is 0.0912 e. The largest absolute Gasteiger partial charge is 0.264 e. The van der Waals surface area contributed by atoms with Crippen molar-refractivity contribution in [2.75, 3.05) is 0 Å². The standard InChI is InChI=1S/C12H8N2/c13-7-2-5-10-3-1-4-11-9-14-8-6-12(10)11/h1-6,8-9H. The van der Waals surface area contributed by atoms with Crippen molar-refractivity contribution in [3.05, 3.63) is 48.3 Å². The molecule has 1 aromatic carbocycles. The number of allylic oxidation sites excluding steroid dienone is 1. The zero-order valence-corrected chi connectivity index (χ0v) is 7.51. The van der Waals surface area contributed by atoms with E-state index >= 15 is 0 Å². The van der Waals surface area contributed by atoms with Crippen LogP contribution >= 0.6 is 0 Å². The summed E-state index contributed by atoms with van der Waals surface area (Å²) in [7, 11) is 0. The lowest BCUT2D eigenvalue weighted by atomic mass is 10.1. The molecule has 66 valence electrons. The van der Waals surface area contributed by atoms with Crippen molar-refractivity contribution < 1.29 is 0 Å². The molecular weight excluding hydrogens is 172 g/mol. The van der Waals surface area contributed by atoms with Crippen molar-refractivity contribution in [2.45, 2.75) is 0 Å². The molecule has 2 aromatic rings. The number of nitriles is 1. The summed E-state index contributed by atoms with van der Waals surface area (Å²) in [6.07, 6.45) is 6.86. The van der Waals surface area contributed by atoms with Crippen LogP contribution < -0.4 is 0 Å². The lowest BCUT2D eigenvalue weighted by molar-refractivity contribution is 1.36. The number of rotatable bonds is 1. The van der Waals surface area contributed by atoms with Crippen LogP contribution in [0, 0.1) is 11.3 Å². The van der Waals surface area contributed by atoms with Crippen molar-refractivity contribution in [1.29, 1.82) is 5.26 Å². The van der Waals surface area contributed by atoms with Crippen LogP contribution in [-0.4, -0.2) is 4.98 Å². The Morgan fingerprint density at radius 2 is 2.21 bits per heavy atom. The summed E-state index contributed by atoms with van der Waals surface area (Å²) < 4.78 is 0. The van der Waals surface area contributed by atoms with Crippen LogP contribution in [0.1, 0.15) is 5.56 Å². The van der Waals surface area contributed by atoms with Gasteiger partial charge in [0.05, 0.1) is 6.07 Å². The Kier molecular flexibility index (Phi) is 2.24. The molecule has 0 aliphatic carbocycles. The average molecular weight is 180 g/mol. The zero-order valence-electron chi connectivity index (χ0n) is 7.51. The molecule has 0 fully saturated rings. The van der Waals surface area contributed by atoms with Gasteiger partial charge in [0.2, 0.25) is 0 Å². The van der Waals surface area contributed by atoms with E-state index in [9.17, 15) is 0 Å². The van der Waals surface area contributed by atoms with Crippen LogP contribution in [0.25, 0.3) is 16.8 Å². The number of aromatic nitrogens is 1. The highest BCUT2D eigenvalue weighted by atomic mass is 14.6. The van der Waals surface area contributed by atoms with Gasteiger partial charge in [-0.3, -0.25) is 4.98 Å². The van der Waals surface area contributed by atoms with Crippen LogP contribution in [0.3, 0.4) is 0 Å². The SMILES string of the molecule is N#CC=Cc1cccc2cnccc12. The summed E-state index contributed by atoms with van der Waals surface area (Å²) in [5, 5.41) is 10.7. The third kappa shape index (κ3) is 1.48. The highest BCUT2D eigenvalue weighted by Crippen LogP contribution is 2.18. The molecule has 0 bridgehead atoms. The molecule has 0 atom stereocenters. The summed E-state index contributed by atoms with van der Waals surface area (Å²) in [5.74, 6) is 0. The molecule has 0 amide bonds. The maximum absolute atomic E-state index is 8.45. The van der Waals surface area contributed by atoms with Crippen LogP contribution in [0.2, 0.25) is 0 Å². The molecule has 0 spiro atoms. The third-order valence-corrected chi connectivity index (χ3v) is 2.05. The normalized spacial score (nSPS) is 10.5. The molecule has 0 saturated carbocycles. The van der Waals surface area contributed by atoms with Crippen molar-refractivity contribution in [1.82, 2.24) is 4.98 Å². The minimum atomic E-state index is 1.05. The molecule has 1 aromatic heterocycles. The van der Waals surface area contributed by atoms with E-state index in [1.807, 2.05) is 42.6 Å². The molecule has 0 unspecified atom stereocenters. The van der Waals surface area contributed by atoms with Crippen LogP contribution in [0.4, 0.5) is 0 Å². The van der Waals surface area contributed by atoms with Crippen LogP contribution in [0.15, 0.2) is 42.7 Å². The number of pyridine rings is 1. The number of fused-ring (bicyclic) bond motifs is 1. The minimum absolute atomic E-state index is 1.05. The van der Waals surface area contributed by atoms with Crippen molar-refractivity contribution >= 4 is 16.8 Å². The first-order chi connectivity index (χ1) is 6.92. The Morgan fingerprint density at radius 1 is 1.29 bits per heavy atom. The summed E-state index contributed by atoms with van der Waals surface area (Å²) in [4.78, 5) is 4.05. The molecule has 2 nitrogen and oxygen atoms in total. The molecule has 0 N–H and O–H groups in total. The maximum Gasteiger partial charge on any atom is 0.0912 e. The van der Waals surface area contributed by atoms with Gasteiger partial charge < -0.3 is 0 Å². The predicted molar refractivity (Wildman–Crippen MR) is 56.4 cm³/mol. The highest BCUT2D eigenvalue weighted by molar-refractivity contribution is 5.89. The summed E-state index contributed by atoms with van der Waals surface area (Å²) in [6, 6.07) is 9.88. The fraction of sp³-hybridized carbons (Fsp3) is 0. The Balaban J connectivity index is 2.66. The minimum Gasteiger partial charge on any atom is -0.264 e. The number of hydrogen-bond acceptors (Lipinski definition) is 2. The maximum atomic E-state index is 8.45. The first-order valence-electron chi connectivity index (χ1n) is 4.31. The van der Waals surface area contributed by atoms with Gasteiger partial charge in [-0.2, -0.15) is 5.26 Å². The van der Waals surface area contributed by atoms with Gasteiger partial charge >= 0.3 is 0 Å². The summed E-state index contributed by atoms with van der Waals surface area (Å²) >= 11 is 0. The molecule has 14 heavy (non-hydrogen) atoms. The first kappa shape index (κ1) is 8.46. The summed E-state index contributed by atoms with van der Waals surface area (Å²) in [5.41, 5.74) is 1.05. The van der Waals surface area contributed by atoms with Crippen LogP contribution in [0.5, 0.6) is 0 Å². The molecule has 2 rings (SSSR count). The molecular formula is C12H8N2. The summed E-state index contributed by atoms with van der Waals surface area (Å²) in [6.45, 7) is 0. The number of nitrogens with zero attached hydrogens (tertiary/aromatic N) is 2. The molecule has 1 heterocycles. The average Bonchev–Trinajstić information content (AvgIpc) is 2.26. The van der Waals surface area contributed by atoms with Gasteiger partial charge in [0.1, 0.15) is 0 Å². The van der Waals surface area contributed by atoms with Gasteiger partial charge in [0.15, 0.2) is 0 Å². The van der Waals surface area contributed by atoms with E-state index in [2.05, 4.69) is 4.98 Å². The molecule has 0 aliphatic heterocycles. The molecule has 0 saturated heterocycles. The van der Waals surface area contributed by atoms with Gasteiger partial charge in [0.25, 0.3) is 0 Å². The number of hydrogen-bond donors (Lipinski definition) is 0. The fourth-order valence-corrected chi connectivity index (χ4v) is 1.42. The fourth-order valence-electron chi connectivity index (χ4n) is 1.42. The quantitative estimate of drug-likeness (QED) is 0.633. The Morgan fingerprint density at radius 3 is 3.07 bits per heavy atom. The van der Waals surface area contributed by atoms with Crippen molar-refractivity contribution in [3.8, 4) is 6.07 Å². The highest BCUT2D eigenvalue weighted by Gasteiger charge is 1.95. The topological polar surface area (TPSA) is 36.7 Å². The Bertz CT molecular complexity index is 516.